The van der Waals surface area contributed by atoms with Gasteiger partial charge in [-0.3, -0.25) is 4.79 Å². The van der Waals surface area contributed by atoms with E-state index in [9.17, 15) is 4.79 Å². The monoisotopic (exact) mass is 274 g/mol. The van der Waals surface area contributed by atoms with Crippen molar-refractivity contribution in [2.24, 2.45) is 0 Å². The predicted molar refractivity (Wildman–Crippen MR) is 78.2 cm³/mol. The van der Waals surface area contributed by atoms with Crippen LogP contribution in [0.3, 0.4) is 0 Å². The number of hydrogen-bond acceptors (Lipinski definition) is 3. The topological polar surface area (TPSA) is 41.6 Å². The van der Waals surface area contributed by atoms with E-state index in [-0.39, 0.29) is 5.91 Å². The van der Waals surface area contributed by atoms with E-state index in [1.54, 1.807) is 0 Å². The molecule has 0 aliphatic carbocycles. The highest BCUT2D eigenvalue weighted by Crippen LogP contribution is 2.26. The highest BCUT2D eigenvalue weighted by molar-refractivity contribution is 5.94. The van der Waals surface area contributed by atoms with Crippen molar-refractivity contribution in [2.75, 3.05) is 26.7 Å². The molecule has 1 fully saturated rings. The maximum atomic E-state index is 12.5. The first-order chi connectivity index (χ1) is 9.74. The van der Waals surface area contributed by atoms with Crippen LogP contribution in [0.2, 0.25) is 0 Å². The summed E-state index contributed by atoms with van der Waals surface area (Å²) in [4.78, 5) is 14.3. The average Bonchev–Trinajstić information content (AvgIpc) is 2.94. The van der Waals surface area contributed by atoms with Gasteiger partial charge in [-0.1, -0.05) is 6.42 Å². The number of ether oxygens (including phenoxy) is 1. The zero-order chi connectivity index (χ0) is 13.9. The van der Waals surface area contributed by atoms with E-state index in [1.165, 1.54) is 12.8 Å². The van der Waals surface area contributed by atoms with Crippen LogP contribution in [-0.4, -0.2) is 43.6 Å². The van der Waals surface area contributed by atoms with E-state index in [4.69, 9.17) is 4.74 Å². The van der Waals surface area contributed by atoms with Crippen LogP contribution in [-0.2, 0) is 6.42 Å². The lowest BCUT2D eigenvalue weighted by Gasteiger charge is -2.28. The summed E-state index contributed by atoms with van der Waals surface area (Å²) in [6, 6.07) is 6.21. The van der Waals surface area contributed by atoms with E-state index in [0.29, 0.717) is 6.04 Å². The Morgan fingerprint density at radius 1 is 1.45 bits per heavy atom. The zero-order valence-corrected chi connectivity index (χ0v) is 12.0. The number of benzene rings is 1. The van der Waals surface area contributed by atoms with E-state index in [0.717, 1.165) is 49.4 Å². The Kier molecular flexibility index (Phi) is 3.92. The van der Waals surface area contributed by atoms with E-state index >= 15 is 0 Å². The molecule has 0 spiro atoms. The van der Waals surface area contributed by atoms with Crippen molar-refractivity contribution in [2.45, 2.75) is 31.7 Å². The van der Waals surface area contributed by atoms with Crippen molar-refractivity contribution in [1.29, 1.82) is 0 Å². The van der Waals surface area contributed by atoms with Gasteiger partial charge < -0.3 is 15.0 Å². The van der Waals surface area contributed by atoms with Gasteiger partial charge >= 0.3 is 0 Å². The molecule has 2 aliphatic heterocycles. The van der Waals surface area contributed by atoms with Gasteiger partial charge in [-0.15, -0.1) is 0 Å². The molecule has 1 amide bonds. The molecule has 1 N–H and O–H groups in total. The molecule has 1 saturated heterocycles. The third kappa shape index (κ3) is 2.80. The molecule has 108 valence electrons. The summed E-state index contributed by atoms with van der Waals surface area (Å²) in [5.41, 5.74) is 1.92. The Morgan fingerprint density at radius 2 is 2.35 bits per heavy atom. The summed E-state index contributed by atoms with van der Waals surface area (Å²) >= 11 is 0. The maximum absolute atomic E-state index is 12.5. The molecular formula is C16H22N2O2. The fourth-order valence-corrected chi connectivity index (χ4v) is 3.03. The standard InChI is InChI=1S/C16H22N2O2/c1-18(11-14-4-2-3-8-17-14)16(19)13-5-6-15-12(10-13)7-9-20-15/h5-6,10,14,17H,2-4,7-9,11H2,1H3. The van der Waals surface area contributed by atoms with Gasteiger partial charge in [0.2, 0.25) is 0 Å². The Hall–Kier alpha value is -1.55. The Bertz CT molecular complexity index is 495. The van der Waals surface area contributed by atoms with Crippen molar-refractivity contribution in [3.63, 3.8) is 0 Å². The second-order valence-corrected chi connectivity index (χ2v) is 5.75. The number of amides is 1. The Morgan fingerprint density at radius 3 is 3.15 bits per heavy atom. The molecule has 0 radical (unpaired) electrons. The minimum atomic E-state index is 0.104. The molecule has 1 aromatic carbocycles. The lowest BCUT2D eigenvalue weighted by Crippen LogP contribution is -2.44. The molecule has 1 unspecified atom stereocenters. The third-order valence-electron chi connectivity index (χ3n) is 4.19. The van der Waals surface area contributed by atoms with Crippen LogP contribution in [0.15, 0.2) is 18.2 Å². The zero-order valence-electron chi connectivity index (χ0n) is 12.0. The van der Waals surface area contributed by atoms with Gasteiger partial charge in [-0.25, -0.2) is 0 Å². The molecule has 2 aliphatic rings. The molecule has 0 bridgehead atoms. The quantitative estimate of drug-likeness (QED) is 0.914. The fourth-order valence-electron chi connectivity index (χ4n) is 3.03. The molecule has 4 nitrogen and oxygen atoms in total. The first-order valence-corrected chi connectivity index (χ1v) is 7.48. The molecule has 0 aromatic heterocycles. The summed E-state index contributed by atoms with van der Waals surface area (Å²) in [6.45, 7) is 2.59. The molecule has 20 heavy (non-hydrogen) atoms. The highest BCUT2D eigenvalue weighted by atomic mass is 16.5. The van der Waals surface area contributed by atoms with Gasteiger partial charge in [-0.2, -0.15) is 0 Å². The van der Waals surface area contributed by atoms with E-state index in [1.807, 2.05) is 30.1 Å². The third-order valence-corrected chi connectivity index (χ3v) is 4.19. The molecule has 1 aromatic rings. The van der Waals surface area contributed by atoms with Crippen molar-refractivity contribution in [3.05, 3.63) is 29.3 Å². The summed E-state index contributed by atoms with van der Waals surface area (Å²) < 4.78 is 5.48. The SMILES string of the molecule is CN(CC1CCCCN1)C(=O)c1ccc2c(c1)CCO2. The van der Waals surface area contributed by atoms with Crippen molar-refractivity contribution < 1.29 is 9.53 Å². The molecule has 3 rings (SSSR count). The van der Waals surface area contributed by atoms with Crippen LogP contribution in [0.4, 0.5) is 0 Å². The molecule has 0 saturated carbocycles. The number of rotatable bonds is 3. The number of carbonyl (C=O) groups is 1. The normalized spacial score (nSPS) is 21.1. The van der Waals surface area contributed by atoms with Gasteiger partial charge in [0.1, 0.15) is 5.75 Å². The number of nitrogens with zero attached hydrogens (tertiary/aromatic N) is 1. The van der Waals surface area contributed by atoms with Gasteiger partial charge in [0, 0.05) is 31.6 Å². The average molecular weight is 274 g/mol. The molecule has 4 heteroatoms. The lowest BCUT2D eigenvalue weighted by molar-refractivity contribution is 0.0775. The minimum Gasteiger partial charge on any atom is -0.493 e. The largest absolute Gasteiger partial charge is 0.493 e. The minimum absolute atomic E-state index is 0.104. The number of piperidine rings is 1. The summed E-state index contributed by atoms with van der Waals surface area (Å²) in [5.74, 6) is 1.03. The lowest BCUT2D eigenvalue weighted by atomic mass is 10.0. The van der Waals surface area contributed by atoms with Crippen LogP contribution in [0, 0.1) is 0 Å². The maximum Gasteiger partial charge on any atom is 0.253 e. The number of likely N-dealkylation sites (N-methyl/N-ethyl adjacent to an activating group) is 1. The van der Waals surface area contributed by atoms with Gasteiger partial charge in [0.15, 0.2) is 0 Å². The smallest absolute Gasteiger partial charge is 0.253 e. The molecule has 1 atom stereocenters. The molecule has 2 heterocycles. The van der Waals surface area contributed by atoms with E-state index in [2.05, 4.69) is 5.32 Å². The Balaban J connectivity index is 1.65. The summed E-state index contributed by atoms with van der Waals surface area (Å²) in [5, 5.41) is 3.48. The van der Waals surface area contributed by atoms with Crippen LogP contribution >= 0.6 is 0 Å². The molecular weight excluding hydrogens is 252 g/mol. The van der Waals surface area contributed by atoms with Gasteiger partial charge in [-0.05, 0) is 43.1 Å². The number of hydrogen-bond donors (Lipinski definition) is 1. The van der Waals surface area contributed by atoms with Crippen LogP contribution in [0.5, 0.6) is 5.75 Å². The van der Waals surface area contributed by atoms with Gasteiger partial charge in [0.25, 0.3) is 5.91 Å². The van der Waals surface area contributed by atoms with Crippen molar-refractivity contribution >= 4 is 5.91 Å². The van der Waals surface area contributed by atoms with Crippen LogP contribution in [0.1, 0.15) is 35.2 Å². The highest BCUT2D eigenvalue weighted by Gasteiger charge is 2.20. The summed E-state index contributed by atoms with van der Waals surface area (Å²) in [7, 11) is 1.89. The van der Waals surface area contributed by atoms with Crippen molar-refractivity contribution in [3.8, 4) is 5.75 Å². The van der Waals surface area contributed by atoms with Crippen molar-refractivity contribution in [1.82, 2.24) is 10.2 Å². The number of fused-ring (bicyclic) bond motifs is 1. The van der Waals surface area contributed by atoms with Gasteiger partial charge in [0.05, 0.1) is 6.61 Å². The second-order valence-electron chi connectivity index (χ2n) is 5.75. The first-order valence-electron chi connectivity index (χ1n) is 7.48. The van der Waals surface area contributed by atoms with Crippen LogP contribution in [0.25, 0.3) is 0 Å². The predicted octanol–water partition coefficient (Wildman–Crippen LogP) is 1.84. The number of nitrogens with one attached hydrogen (secondary N) is 1. The van der Waals surface area contributed by atoms with E-state index < -0.39 is 0 Å². The fraction of sp³-hybridized carbons (Fsp3) is 0.562. The summed E-state index contributed by atoms with van der Waals surface area (Å²) in [6.07, 6.45) is 4.58. The first kappa shape index (κ1) is 13.4. The second kappa shape index (κ2) is 5.83. The van der Waals surface area contributed by atoms with Crippen LogP contribution < -0.4 is 10.1 Å². The number of carbonyl (C=O) groups excluding carboxylic acids is 1. The Labute approximate surface area is 120 Å².